The van der Waals surface area contributed by atoms with Crippen LogP contribution in [-0.2, 0) is 7.05 Å². The number of anilines is 1. The minimum absolute atomic E-state index is 0.148. The fourth-order valence-electron chi connectivity index (χ4n) is 2.37. The molecule has 3 aromatic rings. The molecule has 0 spiro atoms. The SMILES string of the molecule is Cc1cc(Cl)ccc1NC(=O)c1sc2ncn(C)c(=O)c2c1C. The van der Waals surface area contributed by atoms with Gasteiger partial charge in [0.1, 0.15) is 4.83 Å². The van der Waals surface area contributed by atoms with Crippen molar-refractivity contribution in [1.82, 2.24) is 9.55 Å². The van der Waals surface area contributed by atoms with Crippen molar-refractivity contribution in [3.05, 3.63) is 55.9 Å². The molecular weight excluding hydrogens is 334 g/mol. The number of rotatable bonds is 2. The number of halogens is 1. The lowest BCUT2D eigenvalue weighted by molar-refractivity contribution is 0.103. The predicted octanol–water partition coefficient (Wildman–Crippen LogP) is 3.52. The Bertz CT molecular complexity index is 991. The van der Waals surface area contributed by atoms with Crippen molar-refractivity contribution in [2.75, 3.05) is 5.32 Å². The molecule has 3 rings (SSSR count). The first-order valence-corrected chi connectivity index (χ1v) is 8.10. The van der Waals surface area contributed by atoms with Gasteiger partial charge < -0.3 is 9.88 Å². The second-order valence-electron chi connectivity index (χ2n) is 5.31. The number of thiophene rings is 1. The largest absolute Gasteiger partial charge is 0.321 e. The summed E-state index contributed by atoms with van der Waals surface area (Å²) in [4.78, 5) is 30.1. The molecule has 0 saturated heterocycles. The minimum atomic E-state index is -0.252. The molecular formula is C16H14ClN3O2S. The Kier molecular flexibility index (Phi) is 3.95. The van der Waals surface area contributed by atoms with Crippen LogP contribution in [0.1, 0.15) is 20.8 Å². The summed E-state index contributed by atoms with van der Waals surface area (Å²) in [5.41, 5.74) is 2.07. The van der Waals surface area contributed by atoms with E-state index in [1.54, 1.807) is 32.2 Å². The molecule has 2 aromatic heterocycles. The Morgan fingerprint density at radius 2 is 2.09 bits per heavy atom. The molecule has 0 saturated carbocycles. The monoisotopic (exact) mass is 347 g/mol. The molecule has 1 amide bonds. The first-order chi connectivity index (χ1) is 10.9. The van der Waals surface area contributed by atoms with Crippen LogP contribution in [0.3, 0.4) is 0 Å². The molecule has 0 bridgehead atoms. The van der Waals surface area contributed by atoms with Crippen LogP contribution in [0.25, 0.3) is 10.2 Å². The molecule has 0 atom stereocenters. The number of carbonyl (C=O) groups is 1. The lowest BCUT2D eigenvalue weighted by Gasteiger charge is -2.08. The van der Waals surface area contributed by atoms with Gasteiger partial charge in [-0.3, -0.25) is 9.59 Å². The van der Waals surface area contributed by atoms with Crippen LogP contribution >= 0.6 is 22.9 Å². The Morgan fingerprint density at radius 3 is 2.78 bits per heavy atom. The van der Waals surface area contributed by atoms with Crippen molar-refractivity contribution in [3.63, 3.8) is 0 Å². The average molecular weight is 348 g/mol. The summed E-state index contributed by atoms with van der Waals surface area (Å²) >= 11 is 7.15. The predicted molar refractivity (Wildman–Crippen MR) is 93.7 cm³/mol. The van der Waals surface area contributed by atoms with Crippen molar-refractivity contribution >= 4 is 44.7 Å². The maximum absolute atomic E-state index is 12.6. The molecule has 1 N–H and O–H groups in total. The zero-order valence-corrected chi connectivity index (χ0v) is 14.4. The van der Waals surface area contributed by atoms with Crippen LogP contribution in [0.4, 0.5) is 5.69 Å². The van der Waals surface area contributed by atoms with Gasteiger partial charge in [-0.25, -0.2) is 4.98 Å². The van der Waals surface area contributed by atoms with Crippen molar-refractivity contribution in [2.24, 2.45) is 7.05 Å². The van der Waals surface area contributed by atoms with Crippen LogP contribution in [0, 0.1) is 13.8 Å². The molecule has 2 heterocycles. The maximum Gasteiger partial charge on any atom is 0.266 e. The molecule has 7 heteroatoms. The number of benzene rings is 1. The number of amides is 1. The first kappa shape index (κ1) is 15.7. The van der Waals surface area contributed by atoms with E-state index in [2.05, 4.69) is 10.3 Å². The fourth-order valence-corrected chi connectivity index (χ4v) is 3.63. The molecule has 5 nitrogen and oxygen atoms in total. The quantitative estimate of drug-likeness (QED) is 0.771. The molecule has 0 aliphatic rings. The van der Waals surface area contributed by atoms with E-state index < -0.39 is 0 Å². The van der Waals surface area contributed by atoms with Gasteiger partial charge in [0.15, 0.2) is 0 Å². The van der Waals surface area contributed by atoms with Crippen LogP contribution in [-0.4, -0.2) is 15.5 Å². The second-order valence-corrected chi connectivity index (χ2v) is 6.75. The van der Waals surface area contributed by atoms with Gasteiger partial charge in [0.2, 0.25) is 0 Å². The summed E-state index contributed by atoms with van der Waals surface area (Å²) in [6.07, 6.45) is 1.46. The Hall–Kier alpha value is -2.18. The molecule has 0 aliphatic carbocycles. The molecule has 0 unspecified atom stereocenters. The molecule has 118 valence electrons. The molecule has 0 fully saturated rings. The maximum atomic E-state index is 12.6. The van der Waals surface area contributed by atoms with E-state index in [0.717, 1.165) is 5.56 Å². The number of carbonyl (C=O) groups excluding carboxylic acids is 1. The van der Waals surface area contributed by atoms with E-state index in [-0.39, 0.29) is 11.5 Å². The summed E-state index contributed by atoms with van der Waals surface area (Å²) in [6, 6.07) is 5.26. The molecule has 23 heavy (non-hydrogen) atoms. The third-order valence-corrected chi connectivity index (χ3v) is 5.09. The van der Waals surface area contributed by atoms with E-state index in [9.17, 15) is 9.59 Å². The van der Waals surface area contributed by atoms with E-state index >= 15 is 0 Å². The highest BCUT2D eigenvalue weighted by Crippen LogP contribution is 2.28. The first-order valence-electron chi connectivity index (χ1n) is 6.90. The lowest BCUT2D eigenvalue weighted by Crippen LogP contribution is -2.17. The van der Waals surface area contributed by atoms with Crippen molar-refractivity contribution < 1.29 is 4.79 Å². The van der Waals surface area contributed by atoms with Crippen LogP contribution < -0.4 is 10.9 Å². The summed E-state index contributed by atoms with van der Waals surface area (Å²) in [5, 5.41) is 3.98. The Balaban J connectivity index is 2.03. The van der Waals surface area contributed by atoms with Gasteiger partial charge >= 0.3 is 0 Å². The van der Waals surface area contributed by atoms with Gasteiger partial charge in [-0.1, -0.05) is 11.6 Å². The van der Waals surface area contributed by atoms with Gasteiger partial charge in [0, 0.05) is 17.8 Å². The van der Waals surface area contributed by atoms with Gasteiger partial charge in [0.05, 0.1) is 16.6 Å². The second kappa shape index (κ2) is 5.79. The van der Waals surface area contributed by atoms with Crippen LogP contribution in [0.15, 0.2) is 29.3 Å². The number of hydrogen-bond acceptors (Lipinski definition) is 4. The van der Waals surface area contributed by atoms with Crippen molar-refractivity contribution in [3.8, 4) is 0 Å². The van der Waals surface area contributed by atoms with Gasteiger partial charge in [-0.2, -0.15) is 0 Å². The molecule has 0 radical (unpaired) electrons. The Morgan fingerprint density at radius 1 is 1.35 bits per heavy atom. The fraction of sp³-hybridized carbons (Fsp3) is 0.188. The summed E-state index contributed by atoms with van der Waals surface area (Å²) < 4.78 is 1.41. The van der Waals surface area contributed by atoms with Crippen LogP contribution in [0.2, 0.25) is 5.02 Å². The zero-order valence-electron chi connectivity index (χ0n) is 12.8. The van der Waals surface area contributed by atoms with E-state index in [1.807, 2.05) is 6.92 Å². The zero-order chi connectivity index (χ0) is 16.7. The Labute approximate surface area is 141 Å². The van der Waals surface area contributed by atoms with E-state index in [0.29, 0.717) is 31.4 Å². The van der Waals surface area contributed by atoms with Crippen molar-refractivity contribution in [1.29, 1.82) is 0 Å². The number of nitrogens with zero attached hydrogens (tertiary/aromatic N) is 2. The van der Waals surface area contributed by atoms with E-state index in [1.165, 1.54) is 22.2 Å². The number of aryl methyl sites for hydroxylation is 3. The lowest BCUT2D eigenvalue weighted by atomic mass is 10.2. The normalized spacial score (nSPS) is 11.0. The summed E-state index contributed by atoms with van der Waals surface area (Å²) in [5.74, 6) is -0.252. The van der Waals surface area contributed by atoms with Gasteiger partial charge in [-0.05, 0) is 43.2 Å². The molecule has 1 aromatic carbocycles. The highest BCUT2D eigenvalue weighted by Gasteiger charge is 2.19. The highest BCUT2D eigenvalue weighted by molar-refractivity contribution is 7.20. The highest BCUT2D eigenvalue weighted by atomic mass is 35.5. The number of aromatic nitrogens is 2. The topological polar surface area (TPSA) is 64.0 Å². The smallest absolute Gasteiger partial charge is 0.266 e. The summed E-state index contributed by atoms with van der Waals surface area (Å²) in [7, 11) is 1.64. The average Bonchev–Trinajstić information content (AvgIpc) is 2.84. The minimum Gasteiger partial charge on any atom is -0.321 e. The number of hydrogen-bond donors (Lipinski definition) is 1. The third-order valence-electron chi connectivity index (χ3n) is 3.65. The number of nitrogens with one attached hydrogen (secondary N) is 1. The van der Waals surface area contributed by atoms with Crippen molar-refractivity contribution in [2.45, 2.75) is 13.8 Å². The standard InChI is InChI=1S/C16H14ClN3O2S/c1-8-6-10(17)4-5-11(8)19-14(21)13-9(2)12-15(23-13)18-7-20(3)16(12)22/h4-7H,1-3H3,(H,19,21). The van der Waals surface area contributed by atoms with E-state index in [4.69, 9.17) is 11.6 Å². The van der Waals surface area contributed by atoms with Crippen LogP contribution in [0.5, 0.6) is 0 Å². The van der Waals surface area contributed by atoms with Gasteiger partial charge in [-0.15, -0.1) is 11.3 Å². The molecule has 0 aliphatic heterocycles. The summed E-state index contributed by atoms with van der Waals surface area (Å²) in [6.45, 7) is 3.64. The number of fused-ring (bicyclic) bond motifs is 1. The third kappa shape index (κ3) is 2.75. The van der Waals surface area contributed by atoms with Gasteiger partial charge in [0.25, 0.3) is 11.5 Å².